The van der Waals surface area contributed by atoms with Gasteiger partial charge < -0.3 is 4.42 Å². The molecular formula is C13H11ClN2O3S. The topological polar surface area (TPSA) is 74.3 Å². The number of benzene rings is 1. The van der Waals surface area contributed by atoms with Gasteiger partial charge in [-0.1, -0.05) is 11.6 Å². The number of rotatable bonds is 4. The Kier molecular flexibility index (Phi) is 4.14. The molecule has 0 aliphatic heterocycles. The fourth-order valence-electron chi connectivity index (χ4n) is 1.67. The summed E-state index contributed by atoms with van der Waals surface area (Å²) < 4.78 is 30.9. The number of nitriles is 1. The van der Waals surface area contributed by atoms with Crippen LogP contribution in [0.4, 0.5) is 0 Å². The Morgan fingerprint density at radius 2 is 2.15 bits per heavy atom. The number of furan rings is 1. The van der Waals surface area contributed by atoms with Crippen molar-refractivity contribution in [2.75, 3.05) is 7.05 Å². The first kappa shape index (κ1) is 14.6. The molecular weight excluding hydrogens is 300 g/mol. The number of nitrogens with zero attached hydrogens (tertiary/aromatic N) is 2. The highest BCUT2D eigenvalue weighted by molar-refractivity contribution is 7.89. The molecule has 0 aliphatic carbocycles. The smallest absolute Gasteiger partial charge is 0.244 e. The molecule has 7 heteroatoms. The normalized spacial score (nSPS) is 11.5. The molecule has 20 heavy (non-hydrogen) atoms. The van der Waals surface area contributed by atoms with E-state index in [1.807, 2.05) is 6.07 Å². The van der Waals surface area contributed by atoms with Crippen LogP contribution in [-0.4, -0.2) is 19.8 Å². The first-order valence-corrected chi connectivity index (χ1v) is 7.44. The summed E-state index contributed by atoms with van der Waals surface area (Å²) in [5.74, 6) is 0. The predicted octanol–water partition coefficient (Wildman–Crippen LogP) is 2.63. The third-order valence-corrected chi connectivity index (χ3v) is 5.02. The second kappa shape index (κ2) is 5.67. The fourth-order valence-corrected chi connectivity index (χ4v) is 3.35. The largest absolute Gasteiger partial charge is 0.472 e. The first-order chi connectivity index (χ1) is 9.45. The third-order valence-electron chi connectivity index (χ3n) is 2.73. The minimum absolute atomic E-state index is 0.0239. The van der Waals surface area contributed by atoms with Crippen molar-refractivity contribution in [3.63, 3.8) is 0 Å². The molecule has 0 saturated heterocycles. The maximum Gasteiger partial charge on any atom is 0.244 e. The molecule has 1 aromatic carbocycles. The molecule has 0 radical (unpaired) electrons. The van der Waals surface area contributed by atoms with Crippen molar-refractivity contribution in [3.05, 3.63) is 52.9 Å². The Morgan fingerprint density at radius 1 is 1.40 bits per heavy atom. The molecule has 0 aliphatic rings. The quantitative estimate of drug-likeness (QED) is 0.870. The third kappa shape index (κ3) is 2.85. The summed E-state index contributed by atoms with van der Waals surface area (Å²) in [7, 11) is -2.27. The fraction of sp³-hybridized carbons (Fsp3) is 0.154. The van der Waals surface area contributed by atoms with Crippen LogP contribution in [0, 0.1) is 11.3 Å². The van der Waals surface area contributed by atoms with E-state index >= 15 is 0 Å². The second-order valence-corrected chi connectivity index (χ2v) is 6.57. The van der Waals surface area contributed by atoms with Gasteiger partial charge in [0, 0.05) is 19.2 Å². The Labute approximate surface area is 122 Å². The van der Waals surface area contributed by atoms with E-state index < -0.39 is 10.0 Å². The molecule has 1 heterocycles. The van der Waals surface area contributed by atoms with E-state index in [0.29, 0.717) is 5.56 Å². The molecule has 0 atom stereocenters. The number of sulfonamides is 1. The van der Waals surface area contributed by atoms with E-state index in [-0.39, 0.29) is 16.5 Å². The number of hydrogen-bond donors (Lipinski definition) is 0. The monoisotopic (exact) mass is 310 g/mol. The van der Waals surface area contributed by atoms with Crippen LogP contribution < -0.4 is 0 Å². The van der Waals surface area contributed by atoms with E-state index in [4.69, 9.17) is 21.3 Å². The van der Waals surface area contributed by atoms with Gasteiger partial charge in [0.05, 0.1) is 29.2 Å². The zero-order valence-electron chi connectivity index (χ0n) is 10.6. The molecule has 2 aromatic rings. The molecule has 0 unspecified atom stereocenters. The van der Waals surface area contributed by atoms with E-state index in [9.17, 15) is 8.42 Å². The van der Waals surface area contributed by atoms with Gasteiger partial charge in [-0.3, -0.25) is 0 Å². The average Bonchev–Trinajstić information content (AvgIpc) is 2.91. The Balaban J connectivity index is 2.33. The lowest BCUT2D eigenvalue weighted by Crippen LogP contribution is -2.26. The highest BCUT2D eigenvalue weighted by Crippen LogP contribution is 2.25. The Hall–Kier alpha value is -1.81. The van der Waals surface area contributed by atoms with Crippen LogP contribution >= 0.6 is 11.6 Å². The molecule has 2 rings (SSSR count). The maximum absolute atomic E-state index is 12.4. The van der Waals surface area contributed by atoms with Crippen LogP contribution in [0.5, 0.6) is 0 Å². The second-order valence-electron chi connectivity index (χ2n) is 4.15. The van der Waals surface area contributed by atoms with Crippen LogP contribution in [0.3, 0.4) is 0 Å². The van der Waals surface area contributed by atoms with Crippen LogP contribution in [0.15, 0.2) is 46.1 Å². The molecule has 0 spiro atoms. The Morgan fingerprint density at radius 3 is 2.70 bits per heavy atom. The van der Waals surface area contributed by atoms with Crippen molar-refractivity contribution in [2.45, 2.75) is 11.4 Å². The summed E-state index contributed by atoms with van der Waals surface area (Å²) in [6.45, 7) is 0.176. The van der Waals surface area contributed by atoms with Gasteiger partial charge in [-0.05, 0) is 24.3 Å². The van der Waals surface area contributed by atoms with Crippen LogP contribution in [0.1, 0.15) is 11.1 Å². The predicted molar refractivity (Wildman–Crippen MR) is 73.5 cm³/mol. The van der Waals surface area contributed by atoms with Crippen molar-refractivity contribution in [1.29, 1.82) is 5.26 Å². The lowest BCUT2D eigenvalue weighted by molar-refractivity contribution is 0.463. The zero-order chi connectivity index (χ0) is 14.8. The Bertz CT molecular complexity index is 748. The molecule has 0 N–H and O–H groups in total. The summed E-state index contributed by atoms with van der Waals surface area (Å²) in [6, 6.07) is 7.68. The van der Waals surface area contributed by atoms with Crippen molar-refractivity contribution >= 4 is 21.6 Å². The van der Waals surface area contributed by atoms with Gasteiger partial charge in [0.2, 0.25) is 10.0 Å². The minimum atomic E-state index is -3.72. The number of halogens is 1. The minimum Gasteiger partial charge on any atom is -0.472 e. The molecule has 104 valence electrons. The summed E-state index contributed by atoms with van der Waals surface area (Å²) in [4.78, 5) is -0.0239. The molecule has 5 nitrogen and oxygen atoms in total. The zero-order valence-corrected chi connectivity index (χ0v) is 12.1. The average molecular weight is 311 g/mol. The molecule has 0 bridgehead atoms. The highest BCUT2D eigenvalue weighted by atomic mass is 35.5. The van der Waals surface area contributed by atoms with Gasteiger partial charge in [-0.25, -0.2) is 8.42 Å². The molecule has 0 saturated carbocycles. The summed E-state index contributed by atoms with van der Waals surface area (Å²) in [5, 5.41) is 8.79. The first-order valence-electron chi connectivity index (χ1n) is 5.62. The molecule has 0 amide bonds. The standard InChI is InChI=1S/C13H11ClN2O3S/c1-16(8-11-4-5-19-9-11)20(17,18)13-3-2-10(7-15)6-12(13)14/h2-6,9H,8H2,1H3. The van der Waals surface area contributed by atoms with Gasteiger partial charge >= 0.3 is 0 Å². The van der Waals surface area contributed by atoms with Crippen molar-refractivity contribution in [1.82, 2.24) is 4.31 Å². The van der Waals surface area contributed by atoms with E-state index in [1.165, 1.54) is 42.1 Å². The van der Waals surface area contributed by atoms with E-state index in [0.717, 1.165) is 5.56 Å². The van der Waals surface area contributed by atoms with Gasteiger partial charge in [0.1, 0.15) is 4.90 Å². The maximum atomic E-state index is 12.4. The van der Waals surface area contributed by atoms with Crippen LogP contribution in [0.25, 0.3) is 0 Å². The summed E-state index contributed by atoms with van der Waals surface area (Å²) in [6.07, 6.45) is 2.96. The van der Waals surface area contributed by atoms with Crippen LogP contribution in [-0.2, 0) is 16.6 Å². The van der Waals surface area contributed by atoms with Gasteiger partial charge in [-0.15, -0.1) is 0 Å². The van der Waals surface area contributed by atoms with Crippen molar-refractivity contribution in [2.24, 2.45) is 0 Å². The van der Waals surface area contributed by atoms with Crippen molar-refractivity contribution < 1.29 is 12.8 Å². The SMILES string of the molecule is CN(Cc1ccoc1)S(=O)(=O)c1ccc(C#N)cc1Cl. The number of hydrogen-bond acceptors (Lipinski definition) is 4. The van der Waals surface area contributed by atoms with E-state index in [2.05, 4.69) is 0 Å². The van der Waals surface area contributed by atoms with Gasteiger partial charge in [0.15, 0.2) is 0 Å². The molecule has 1 aromatic heterocycles. The highest BCUT2D eigenvalue weighted by Gasteiger charge is 2.24. The van der Waals surface area contributed by atoms with Crippen molar-refractivity contribution in [3.8, 4) is 6.07 Å². The van der Waals surface area contributed by atoms with Gasteiger partial charge in [-0.2, -0.15) is 9.57 Å². The lowest BCUT2D eigenvalue weighted by atomic mass is 10.2. The lowest BCUT2D eigenvalue weighted by Gasteiger charge is -2.17. The van der Waals surface area contributed by atoms with E-state index in [1.54, 1.807) is 6.07 Å². The summed E-state index contributed by atoms with van der Waals surface area (Å²) >= 11 is 5.94. The molecule has 0 fully saturated rings. The van der Waals surface area contributed by atoms with Crippen LogP contribution in [0.2, 0.25) is 5.02 Å². The van der Waals surface area contributed by atoms with Gasteiger partial charge in [0.25, 0.3) is 0 Å². The summed E-state index contributed by atoms with van der Waals surface area (Å²) in [5.41, 5.74) is 1.05.